The van der Waals surface area contributed by atoms with Gasteiger partial charge in [-0.3, -0.25) is 9.59 Å². The number of likely N-dealkylation sites (N-methyl/N-ethyl adjacent to an activating group) is 1. The van der Waals surface area contributed by atoms with E-state index in [9.17, 15) is 14.4 Å². The van der Waals surface area contributed by atoms with Crippen LogP contribution < -0.4 is 5.32 Å². The van der Waals surface area contributed by atoms with E-state index in [0.717, 1.165) is 0 Å². The van der Waals surface area contributed by atoms with Gasteiger partial charge in [0.1, 0.15) is 6.54 Å². The number of rotatable bonds is 9. The first-order valence-electron chi connectivity index (χ1n) is 7.03. The Hall–Kier alpha value is -1.79. The number of hydrogen-bond acceptors (Lipinski definition) is 4. The molecule has 0 aliphatic heterocycles. The highest BCUT2D eigenvalue weighted by Gasteiger charge is 2.20. The first-order chi connectivity index (χ1) is 9.71. The van der Waals surface area contributed by atoms with E-state index in [0.29, 0.717) is 25.9 Å². The van der Waals surface area contributed by atoms with Crippen molar-refractivity contribution in [3.63, 3.8) is 0 Å². The Labute approximate surface area is 125 Å². The van der Waals surface area contributed by atoms with Gasteiger partial charge in [0.05, 0.1) is 7.11 Å². The van der Waals surface area contributed by atoms with Crippen LogP contribution >= 0.6 is 0 Å². The van der Waals surface area contributed by atoms with E-state index in [1.165, 1.54) is 12.0 Å². The fourth-order valence-electron chi connectivity index (χ4n) is 1.74. The molecule has 0 aromatic carbocycles. The zero-order valence-electron chi connectivity index (χ0n) is 13.3. The lowest BCUT2D eigenvalue weighted by Crippen LogP contribution is -2.43. The van der Waals surface area contributed by atoms with E-state index < -0.39 is 11.9 Å². The fraction of sp³-hybridized carbons (Fsp3) is 0.786. The molecule has 0 fully saturated rings. The normalized spacial score (nSPS) is 10.9. The molecule has 0 aliphatic rings. The SMILES string of the molecule is CCN(CC(=O)OC)C(=O)NCCC(C)(C)CCC(=O)O. The number of nitrogens with zero attached hydrogens (tertiary/aromatic N) is 1. The van der Waals surface area contributed by atoms with Crippen molar-refractivity contribution in [3.8, 4) is 0 Å². The summed E-state index contributed by atoms with van der Waals surface area (Å²) in [4.78, 5) is 35.0. The number of ether oxygens (including phenoxy) is 1. The van der Waals surface area contributed by atoms with Crippen molar-refractivity contribution < 1.29 is 24.2 Å². The molecule has 21 heavy (non-hydrogen) atoms. The molecule has 2 amide bonds. The molecule has 2 N–H and O–H groups in total. The summed E-state index contributed by atoms with van der Waals surface area (Å²) < 4.78 is 4.53. The maximum Gasteiger partial charge on any atom is 0.325 e. The molecule has 0 rings (SSSR count). The predicted octanol–water partition coefficient (Wildman–Crippen LogP) is 1.47. The van der Waals surface area contributed by atoms with Gasteiger partial charge >= 0.3 is 18.0 Å². The summed E-state index contributed by atoms with van der Waals surface area (Å²) in [6, 6.07) is -0.322. The highest BCUT2D eigenvalue weighted by molar-refractivity contribution is 5.80. The molecule has 0 aliphatic carbocycles. The zero-order chi connectivity index (χ0) is 16.5. The minimum atomic E-state index is -0.817. The van der Waals surface area contributed by atoms with Gasteiger partial charge in [-0.2, -0.15) is 0 Å². The lowest BCUT2D eigenvalue weighted by molar-refractivity contribution is -0.141. The molecule has 7 heteroatoms. The van der Waals surface area contributed by atoms with Crippen molar-refractivity contribution in [2.24, 2.45) is 5.41 Å². The van der Waals surface area contributed by atoms with Crippen LogP contribution in [0.15, 0.2) is 0 Å². The van der Waals surface area contributed by atoms with E-state index in [2.05, 4.69) is 10.1 Å². The molecule has 122 valence electrons. The van der Waals surface area contributed by atoms with Crippen molar-refractivity contribution in [2.45, 2.75) is 40.0 Å². The molecule has 0 spiro atoms. The third kappa shape index (κ3) is 8.88. The second-order valence-corrected chi connectivity index (χ2v) is 5.63. The number of carboxylic acid groups (broad SMARTS) is 1. The Bertz CT molecular complexity index is 368. The Morgan fingerprint density at radius 3 is 2.33 bits per heavy atom. The summed E-state index contributed by atoms with van der Waals surface area (Å²) in [6.45, 7) is 6.47. The maximum absolute atomic E-state index is 11.9. The summed E-state index contributed by atoms with van der Waals surface area (Å²) in [5.74, 6) is -1.28. The number of carbonyl (C=O) groups excluding carboxylic acids is 2. The topological polar surface area (TPSA) is 95.9 Å². The van der Waals surface area contributed by atoms with Crippen LogP contribution in [0.25, 0.3) is 0 Å². The van der Waals surface area contributed by atoms with Crippen molar-refractivity contribution in [3.05, 3.63) is 0 Å². The molecule has 0 aromatic heterocycles. The first-order valence-corrected chi connectivity index (χ1v) is 7.03. The van der Waals surface area contributed by atoms with Crippen molar-refractivity contribution in [2.75, 3.05) is 26.7 Å². The van der Waals surface area contributed by atoms with Gasteiger partial charge in [-0.15, -0.1) is 0 Å². The standard InChI is InChI=1S/C14H26N2O5/c1-5-16(10-12(19)21-4)13(20)15-9-8-14(2,3)7-6-11(17)18/h5-10H2,1-4H3,(H,15,20)(H,17,18). The minimum absolute atomic E-state index is 0.0821. The Balaban J connectivity index is 4.16. The Morgan fingerprint density at radius 2 is 1.86 bits per heavy atom. The van der Waals surface area contributed by atoms with Crippen molar-refractivity contribution in [1.82, 2.24) is 10.2 Å². The zero-order valence-corrected chi connectivity index (χ0v) is 13.3. The molecule has 0 saturated heterocycles. The number of esters is 1. The van der Waals surface area contributed by atoms with Crippen LogP contribution in [0, 0.1) is 5.41 Å². The molecule has 0 radical (unpaired) electrons. The molecule has 0 unspecified atom stereocenters. The summed E-state index contributed by atoms with van der Waals surface area (Å²) in [5, 5.41) is 11.4. The monoisotopic (exact) mass is 302 g/mol. The molecule has 0 aromatic rings. The Morgan fingerprint density at radius 1 is 1.24 bits per heavy atom. The quantitative estimate of drug-likeness (QED) is 0.629. The van der Waals surface area contributed by atoms with E-state index in [1.54, 1.807) is 6.92 Å². The van der Waals surface area contributed by atoms with Crippen LogP contribution in [-0.4, -0.2) is 54.7 Å². The van der Waals surface area contributed by atoms with Crippen LogP contribution in [0.4, 0.5) is 4.79 Å². The van der Waals surface area contributed by atoms with Gasteiger partial charge in [0, 0.05) is 19.5 Å². The van der Waals surface area contributed by atoms with Gasteiger partial charge in [-0.05, 0) is 25.2 Å². The van der Waals surface area contributed by atoms with Crippen LogP contribution in [0.3, 0.4) is 0 Å². The molecule has 0 atom stereocenters. The average Bonchev–Trinajstić information content (AvgIpc) is 2.41. The van der Waals surface area contributed by atoms with Gasteiger partial charge in [-0.25, -0.2) is 4.79 Å². The predicted molar refractivity (Wildman–Crippen MR) is 77.9 cm³/mol. The van der Waals surface area contributed by atoms with E-state index >= 15 is 0 Å². The molecular weight excluding hydrogens is 276 g/mol. The van der Waals surface area contributed by atoms with Gasteiger partial charge in [0.15, 0.2) is 0 Å². The number of aliphatic carboxylic acids is 1. The lowest BCUT2D eigenvalue weighted by atomic mass is 9.84. The summed E-state index contributed by atoms with van der Waals surface area (Å²) >= 11 is 0. The van der Waals surface area contributed by atoms with Crippen LogP contribution in [0.1, 0.15) is 40.0 Å². The smallest absolute Gasteiger partial charge is 0.325 e. The highest BCUT2D eigenvalue weighted by Crippen LogP contribution is 2.25. The van der Waals surface area contributed by atoms with Crippen molar-refractivity contribution >= 4 is 18.0 Å². The molecule has 7 nitrogen and oxygen atoms in total. The van der Waals surface area contributed by atoms with Gasteiger partial charge < -0.3 is 20.1 Å². The maximum atomic E-state index is 11.9. The lowest BCUT2D eigenvalue weighted by Gasteiger charge is -2.25. The molecule has 0 saturated carbocycles. The second kappa shape index (κ2) is 9.20. The van der Waals surface area contributed by atoms with E-state index in [1.807, 2.05) is 13.8 Å². The van der Waals surface area contributed by atoms with Gasteiger partial charge in [-0.1, -0.05) is 13.8 Å². The van der Waals surface area contributed by atoms with E-state index in [4.69, 9.17) is 5.11 Å². The Kier molecular flexibility index (Phi) is 8.42. The molecular formula is C14H26N2O5. The molecule has 0 heterocycles. The number of urea groups is 1. The van der Waals surface area contributed by atoms with Gasteiger partial charge in [0.25, 0.3) is 0 Å². The van der Waals surface area contributed by atoms with Crippen LogP contribution in [0.2, 0.25) is 0 Å². The van der Waals surface area contributed by atoms with Crippen molar-refractivity contribution in [1.29, 1.82) is 0 Å². The summed E-state index contributed by atoms with van der Waals surface area (Å²) in [6.07, 6.45) is 1.34. The highest BCUT2D eigenvalue weighted by atomic mass is 16.5. The van der Waals surface area contributed by atoms with Gasteiger partial charge in [0.2, 0.25) is 0 Å². The second-order valence-electron chi connectivity index (χ2n) is 5.63. The number of carbonyl (C=O) groups is 3. The minimum Gasteiger partial charge on any atom is -0.481 e. The average molecular weight is 302 g/mol. The summed E-state index contributed by atoms with van der Waals surface area (Å²) in [5.41, 5.74) is -0.162. The largest absolute Gasteiger partial charge is 0.481 e. The number of carboxylic acids is 1. The van der Waals surface area contributed by atoms with Crippen LogP contribution in [-0.2, 0) is 14.3 Å². The summed E-state index contributed by atoms with van der Waals surface area (Å²) in [7, 11) is 1.28. The third-order valence-corrected chi connectivity index (χ3v) is 3.31. The number of nitrogens with one attached hydrogen (secondary N) is 1. The number of hydrogen-bond donors (Lipinski definition) is 2. The molecule has 0 bridgehead atoms. The fourth-order valence-corrected chi connectivity index (χ4v) is 1.74. The number of methoxy groups -OCH3 is 1. The number of amides is 2. The first kappa shape index (κ1) is 19.2. The van der Waals surface area contributed by atoms with Crippen LogP contribution in [0.5, 0.6) is 0 Å². The van der Waals surface area contributed by atoms with E-state index in [-0.39, 0.29) is 24.4 Å². The third-order valence-electron chi connectivity index (χ3n) is 3.31.